The Morgan fingerprint density at radius 2 is 2.11 bits per heavy atom. The fourth-order valence-electron chi connectivity index (χ4n) is 2.39. The van der Waals surface area contributed by atoms with Crippen LogP contribution in [0.4, 0.5) is 13.2 Å². The van der Waals surface area contributed by atoms with Gasteiger partial charge in [0, 0.05) is 12.7 Å². The summed E-state index contributed by atoms with van der Waals surface area (Å²) in [6, 6.07) is 2.17. The van der Waals surface area contributed by atoms with Gasteiger partial charge in [0.25, 0.3) is 0 Å². The highest BCUT2D eigenvalue weighted by Gasteiger charge is 2.32. The van der Waals surface area contributed by atoms with Crippen molar-refractivity contribution in [3.63, 3.8) is 0 Å². The number of piperidine rings is 1. The van der Waals surface area contributed by atoms with Crippen molar-refractivity contribution in [2.45, 2.75) is 32.0 Å². The standard InChI is InChI=1S/C13H15F3N2O/c1-9-2-5-12(18(7-9)8-19)11-4-3-10(6-17-11)13(14,15)16/h3-4,6,8-9,12H,2,5,7H2,1H3. The zero-order chi connectivity index (χ0) is 14.0. The minimum absolute atomic E-state index is 0.212. The summed E-state index contributed by atoms with van der Waals surface area (Å²) in [6.07, 6.45) is -1.12. The second kappa shape index (κ2) is 5.19. The van der Waals surface area contributed by atoms with Crippen LogP contribution in [0.5, 0.6) is 0 Å². The average Bonchev–Trinajstić information content (AvgIpc) is 2.37. The smallest absolute Gasteiger partial charge is 0.336 e. The normalized spacial score (nSPS) is 24.3. The monoisotopic (exact) mass is 272 g/mol. The van der Waals surface area contributed by atoms with Gasteiger partial charge in [-0.25, -0.2) is 0 Å². The van der Waals surface area contributed by atoms with Gasteiger partial charge >= 0.3 is 6.18 Å². The molecule has 0 aromatic carbocycles. The van der Waals surface area contributed by atoms with Crippen LogP contribution < -0.4 is 0 Å². The van der Waals surface area contributed by atoms with E-state index in [1.165, 1.54) is 6.07 Å². The average molecular weight is 272 g/mol. The van der Waals surface area contributed by atoms with Gasteiger partial charge in [0.2, 0.25) is 6.41 Å². The summed E-state index contributed by atoms with van der Waals surface area (Å²) >= 11 is 0. The predicted molar refractivity (Wildman–Crippen MR) is 63.1 cm³/mol. The number of alkyl halides is 3. The van der Waals surface area contributed by atoms with Gasteiger partial charge in [0.15, 0.2) is 0 Å². The van der Waals surface area contributed by atoms with Gasteiger partial charge < -0.3 is 4.90 Å². The minimum atomic E-state index is -4.38. The van der Waals surface area contributed by atoms with Crippen LogP contribution in [0.1, 0.15) is 37.1 Å². The van der Waals surface area contributed by atoms with E-state index < -0.39 is 11.7 Å². The maximum atomic E-state index is 12.4. The van der Waals surface area contributed by atoms with E-state index in [1.54, 1.807) is 4.90 Å². The summed E-state index contributed by atoms with van der Waals surface area (Å²) in [5.41, 5.74) is -0.245. The molecule has 0 bridgehead atoms. The van der Waals surface area contributed by atoms with Crippen LogP contribution in [0.15, 0.2) is 18.3 Å². The van der Waals surface area contributed by atoms with E-state index in [0.717, 1.165) is 31.5 Å². The van der Waals surface area contributed by atoms with Crippen LogP contribution >= 0.6 is 0 Å². The molecule has 6 heteroatoms. The number of likely N-dealkylation sites (tertiary alicyclic amines) is 1. The molecule has 2 atom stereocenters. The maximum Gasteiger partial charge on any atom is 0.417 e. The molecule has 1 aromatic heterocycles. The summed E-state index contributed by atoms with van der Waals surface area (Å²) in [5.74, 6) is 0.413. The van der Waals surface area contributed by atoms with Gasteiger partial charge in [-0.2, -0.15) is 13.2 Å². The number of rotatable bonds is 2. The van der Waals surface area contributed by atoms with Gasteiger partial charge in [0.1, 0.15) is 0 Å². The van der Waals surface area contributed by atoms with Gasteiger partial charge in [-0.15, -0.1) is 0 Å². The Morgan fingerprint density at radius 3 is 2.63 bits per heavy atom. The van der Waals surface area contributed by atoms with Crippen molar-refractivity contribution in [3.8, 4) is 0 Å². The van der Waals surface area contributed by atoms with Crippen LogP contribution in [-0.4, -0.2) is 22.8 Å². The Balaban J connectivity index is 2.19. The highest BCUT2D eigenvalue weighted by molar-refractivity contribution is 5.48. The second-order valence-electron chi connectivity index (χ2n) is 4.97. The van der Waals surface area contributed by atoms with Gasteiger partial charge in [-0.3, -0.25) is 9.78 Å². The first-order valence-electron chi connectivity index (χ1n) is 6.16. The zero-order valence-electron chi connectivity index (χ0n) is 10.5. The molecule has 0 radical (unpaired) electrons. The number of pyridine rings is 1. The van der Waals surface area contributed by atoms with Crippen molar-refractivity contribution in [2.75, 3.05) is 6.54 Å². The molecule has 3 nitrogen and oxygen atoms in total. The summed E-state index contributed by atoms with van der Waals surface area (Å²) in [6.45, 7) is 2.67. The van der Waals surface area contributed by atoms with E-state index in [9.17, 15) is 18.0 Å². The molecule has 0 spiro atoms. The van der Waals surface area contributed by atoms with E-state index in [0.29, 0.717) is 18.2 Å². The summed E-state index contributed by atoms with van der Waals surface area (Å²) in [7, 11) is 0. The first kappa shape index (κ1) is 13.8. The predicted octanol–water partition coefficient (Wildman–Crippen LogP) is 3.03. The van der Waals surface area contributed by atoms with Crippen molar-refractivity contribution in [2.24, 2.45) is 5.92 Å². The van der Waals surface area contributed by atoms with Gasteiger partial charge in [-0.1, -0.05) is 6.92 Å². The molecular formula is C13H15F3N2O. The summed E-state index contributed by atoms with van der Waals surface area (Å²) in [4.78, 5) is 16.5. The molecule has 1 aromatic rings. The number of hydrogen-bond acceptors (Lipinski definition) is 2. The topological polar surface area (TPSA) is 33.2 Å². The molecule has 104 valence electrons. The summed E-state index contributed by atoms with van der Waals surface area (Å²) in [5, 5.41) is 0. The third kappa shape index (κ3) is 3.05. The third-order valence-corrected chi connectivity index (χ3v) is 3.45. The Hall–Kier alpha value is -1.59. The highest BCUT2D eigenvalue weighted by Crippen LogP contribution is 2.33. The highest BCUT2D eigenvalue weighted by atomic mass is 19.4. The molecule has 0 N–H and O–H groups in total. The molecule has 2 unspecified atom stereocenters. The van der Waals surface area contributed by atoms with E-state index in [4.69, 9.17) is 0 Å². The Morgan fingerprint density at radius 1 is 1.37 bits per heavy atom. The lowest BCUT2D eigenvalue weighted by molar-refractivity contribution is -0.138. The molecule has 2 heterocycles. The van der Waals surface area contributed by atoms with E-state index in [2.05, 4.69) is 4.98 Å². The molecular weight excluding hydrogens is 257 g/mol. The lowest BCUT2D eigenvalue weighted by Gasteiger charge is -2.35. The second-order valence-corrected chi connectivity index (χ2v) is 4.97. The van der Waals surface area contributed by atoms with Crippen molar-refractivity contribution in [3.05, 3.63) is 29.6 Å². The lowest BCUT2D eigenvalue weighted by atomic mass is 9.92. The molecule has 0 aliphatic carbocycles. The molecule has 1 saturated heterocycles. The van der Waals surface area contributed by atoms with E-state index in [1.807, 2.05) is 6.92 Å². The molecule has 1 amide bonds. The molecule has 2 rings (SSSR count). The number of amides is 1. The van der Waals surface area contributed by atoms with Crippen LogP contribution in [0.2, 0.25) is 0 Å². The number of hydrogen-bond donors (Lipinski definition) is 0. The quantitative estimate of drug-likeness (QED) is 0.775. The molecule has 1 aliphatic rings. The SMILES string of the molecule is CC1CCC(c2ccc(C(F)(F)F)cn2)N(C=O)C1. The van der Waals surface area contributed by atoms with Crippen LogP contribution in [0.25, 0.3) is 0 Å². The number of halogens is 3. The lowest BCUT2D eigenvalue weighted by Crippen LogP contribution is -2.36. The van der Waals surface area contributed by atoms with Crippen molar-refractivity contribution >= 4 is 6.41 Å². The van der Waals surface area contributed by atoms with Gasteiger partial charge in [-0.05, 0) is 30.9 Å². The first-order valence-corrected chi connectivity index (χ1v) is 6.16. The minimum Gasteiger partial charge on any atom is -0.336 e. The number of aromatic nitrogens is 1. The van der Waals surface area contributed by atoms with E-state index >= 15 is 0 Å². The number of carbonyl (C=O) groups is 1. The van der Waals surface area contributed by atoms with Gasteiger partial charge in [0.05, 0.1) is 17.3 Å². The van der Waals surface area contributed by atoms with Crippen molar-refractivity contribution in [1.29, 1.82) is 0 Å². The summed E-state index contributed by atoms with van der Waals surface area (Å²) < 4.78 is 37.3. The Labute approximate surface area is 109 Å². The fraction of sp³-hybridized carbons (Fsp3) is 0.538. The zero-order valence-corrected chi connectivity index (χ0v) is 10.5. The Kier molecular flexibility index (Phi) is 3.78. The van der Waals surface area contributed by atoms with Crippen LogP contribution in [-0.2, 0) is 11.0 Å². The molecule has 1 fully saturated rings. The largest absolute Gasteiger partial charge is 0.417 e. The molecule has 1 aliphatic heterocycles. The Bertz CT molecular complexity index is 444. The van der Waals surface area contributed by atoms with Crippen LogP contribution in [0, 0.1) is 5.92 Å². The number of nitrogens with zero attached hydrogens (tertiary/aromatic N) is 2. The molecule has 0 saturated carbocycles. The number of carbonyl (C=O) groups excluding carboxylic acids is 1. The van der Waals surface area contributed by atoms with Crippen molar-refractivity contribution < 1.29 is 18.0 Å². The fourth-order valence-corrected chi connectivity index (χ4v) is 2.39. The van der Waals surface area contributed by atoms with Crippen LogP contribution in [0.3, 0.4) is 0 Å². The maximum absolute atomic E-state index is 12.4. The van der Waals surface area contributed by atoms with E-state index in [-0.39, 0.29) is 6.04 Å². The molecule has 19 heavy (non-hydrogen) atoms. The van der Waals surface area contributed by atoms with Crippen molar-refractivity contribution in [1.82, 2.24) is 9.88 Å². The third-order valence-electron chi connectivity index (χ3n) is 3.45. The first-order chi connectivity index (χ1) is 8.91.